The molecule has 0 heterocycles. The fourth-order valence-electron chi connectivity index (χ4n) is 13.8. The number of carbonyl (C=O) groups excluding carboxylic acids is 1. The molecule has 552 valence electrons. The lowest BCUT2D eigenvalue weighted by atomic mass is 10.0. The monoisotopic (exact) mass is 1320 g/mol. The van der Waals surface area contributed by atoms with Crippen LogP contribution < -0.4 is 10.2 Å². The first-order chi connectivity index (χ1) is 45.0. The normalized spacial score (nSPS) is 13.3. The van der Waals surface area contributed by atoms with Crippen LogP contribution in [-0.4, -0.2) is 68.5 Å². The number of carbonyl (C=O) groups is 1. The van der Waals surface area contributed by atoms with Gasteiger partial charge in [-0.15, -0.1) is 0 Å². The topological polar surface area (TPSA) is 108 Å². The molecule has 8 nitrogen and oxygen atoms in total. The first-order valence-electron chi connectivity index (χ1n) is 42.4. The van der Waals surface area contributed by atoms with E-state index in [-0.39, 0.29) is 19.1 Å². The Morgan fingerprint density at radius 2 is 0.533 bits per heavy atom. The molecule has 3 atom stereocenters. The van der Waals surface area contributed by atoms with Gasteiger partial charge in [0.1, 0.15) is 13.2 Å². The molecular formula is C83H169N2O6P. The van der Waals surface area contributed by atoms with E-state index < -0.39 is 20.0 Å². The van der Waals surface area contributed by atoms with Crippen LogP contribution in [0, 0.1) is 0 Å². The number of aliphatic hydroxyl groups is 1. The predicted octanol–water partition coefficient (Wildman–Crippen LogP) is 27.2. The third kappa shape index (κ3) is 76.9. The Morgan fingerprint density at radius 3 is 0.739 bits per heavy atom. The standard InChI is InChI=1S/C83H169N2O6P/c1-6-8-10-12-14-16-18-20-22-24-26-28-30-32-34-36-37-38-39-40-41-42-43-44-45-46-47-49-51-53-55-57-59-61-63-65-67-69-71-73-75-77-83(87)84-81(80-91-92(88,89)90-79-78-85(3,4)5)82(86)76-74-72-70-68-66-64-62-60-58-56-54-52-50-48-35-33-31-29-27-25-23-21-19-17-15-13-11-9-7-2/h81-82,86H,6-80H2,1-5H3,(H-,84,87,88,89). The van der Waals surface area contributed by atoms with Gasteiger partial charge < -0.3 is 28.8 Å². The lowest BCUT2D eigenvalue weighted by Gasteiger charge is -2.30. The molecule has 0 aromatic carbocycles. The first-order valence-corrected chi connectivity index (χ1v) is 43.8. The molecule has 0 aliphatic rings. The van der Waals surface area contributed by atoms with E-state index in [0.717, 1.165) is 38.5 Å². The van der Waals surface area contributed by atoms with Gasteiger partial charge in [0.05, 0.1) is 39.9 Å². The van der Waals surface area contributed by atoms with E-state index >= 15 is 0 Å². The molecule has 0 rings (SSSR count). The molecule has 0 aromatic heterocycles. The summed E-state index contributed by atoms with van der Waals surface area (Å²) in [6, 6.07) is -0.798. The molecule has 0 aliphatic carbocycles. The van der Waals surface area contributed by atoms with Crippen LogP contribution in [0.15, 0.2) is 0 Å². The zero-order chi connectivity index (χ0) is 66.9. The fraction of sp³-hybridized carbons (Fsp3) is 0.988. The summed E-state index contributed by atoms with van der Waals surface area (Å²) < 4.78 is 23.6. The average Bonchev–Trinajstić information content (AvgIpc) is 2.63. The molecule has 0 aromatic rings. The minimum atomic E-state index is -4.58. The van der Waals surface area contributed by atoms with Gasteiger partial charge in [-0.1, -0.05) is 457 Å². The fourth-order valence-corrected chi connectivity index (χ4v) is 14.5. The molecule has 0 saturated heterocycles. The quantitative estimate of drug-likeness (QED) is 0.0357. The van der Waals surface area contributed by atoms with E-state index in [1.807, 2.05) is 21.1 Å². The predicted molar refractivity (Wildman–Crippen MR) is 404 cm³/mol. The number of rotatable bonds is 81. The minimum absolute atomic E-state index is 0.0172. The first kappa shape index (κ1) is 91.5. The highest BCUT2D eigenvalue weighted by Crippen LogP contribution is 2.38. The van der Waals surface area contributed by atoms with Gasteiger partial charge in [-0.25, -0.2) is 0 Å². The number of nitrogens with zero attached hydrogens (tertiary/aromatic N) is 1. The summed E-state index contributed by atoms with van der Waals surface area (Å²) >= 11 is 0. The number of phosphoric ester groups is 1. The third-order valence-electron chi connectivity index (χ3n) is 20.3. The van der Waals surface area contributed by atoms with Crippen molar-refractivity contribution in [2.75, 3.05) is 40.9 Å². The number of hydrogen-bond acceptors (Lipinski definition) is 6. The SMILES string of the molecule is CCCCCCCCCCCCCCCCCCCCCCCCCCCCCCCCCCCCCCCCCCCC(=O)NC(COP(=O)([O-])OCC[N+](C)(C)C)C(O)CCCCCCCCCCCCCCCCCCCCCCCCCCCCCCC. The van der Waals surface area contributed by atoms with Crippen molar-refractivity contribution < 1.29 is 32.9 Å². The zero-order valence-corrected chi connectivity index (χ0v) is 64.5. The van der Waals surface area contributed by atoms with Gasteiger partial charge in [0, 0.05) is 6.42 Å². The van der Waals surface area contributed by atoms with Gasteiger partial charge in [-0.2, -0.15) is 0 Å². The maximum Gasteiger partial charge on any atom is 0.268 e. The molecular weight excluding hydrogens is 1150 g/mol. The van der Waals surface area contributed by atoms with Gasteiger partial charge in [0.25, 0.3) is 7.82 Å². The van der Waals surface area contributed by atoms with Gasteiger partial charge in [0.15, 0.2) is 0 Å². The summed E-state index contributed by atoms with van der Waals surface area (Å²) in [5.41, 5.74) is 0. The van der Waals surface area contributed by atoms with Crippen molar-refractivity contribution in [1.82, 2.24) is 5.32 Å². The zero-order valence-electron chi connectivity index (χ0n) is 63.6. The smallest absolute Gasteiger partial charge is 0.268 e. The second-order valence-corrected chi connectivity index (χ2v) is 32.3. The number of quaternary nitrogens is 1. The number of aliphatic hydroxyl groups excluding tert-OH is 1. The Kier molecular flexibility index (Phi) is 74.3. The summed E-state index contributed by atoms with van der Waals surface area (Å²) in [5, 5.41) is 14.2. The van der Waals surface area contributed by atoms with E-state index in [1.165, 1.54) is 411 Å². The number of amides is 1. The van der Waals surface area contributed by atoms with Crippen LogP contribution in [0.4, 0.5) is 0 Å². The molecule has 3 unspecified atom stereocenters. The summed E-state index contributed by atoms with van der Waals surface area (Å²) in [5.74, 6) is -0.151. The number of phosphoric acid groups is 1. The Labute approximate surface area is 578 Å². The summed E-state index contributed by atoms with van der Waals surface area (Å²) in [7, 11) is 1.34. The maximum absolute atomic E-state index is 13.1. The van der Waals surface area contributed by atoms with Gasteiger partial charge in [-0.05, 0) is 12.8 Å². The Balaban J connectivity index is 3.83. The minimum Gasteiger partial charge on any atom is -0.756 e. The van der Waals surface area contributed by atoms with E-state index in [4.69, 9.17) is 9.05 Å². The molecule has 0 spiro atoms. The Morgan fingerprint density at radius 1 is 0.337 bits per heavy atom. The molecule has 0 bridgehead atoms. The van der Waals surface area contributed by atoms with E-state index in [0.29, 0.717) is 23.9 Å². The number of nitrogens with one attached hydrogen (secondary N) is 1. The lowest BCUT2D eigenvalue weighted by molar-refractivity contribution is -0.870. The van der Waals surface area contributed by atoms with Gasteiger partial charge in [-0.3, -0.25) is 9.36 Å². The molecule has 0 fully saturated rings. The lowest BCUT2D eigenvalue weighted by Crippen LogP contribution is -2.46. The van der Waals surface area contributed by atoms with Crippen LogP contribution in [0.3, 0.4) is 0 Å². The van der Waals surface area contributed by atoms with Crippen molar-refractivity contribution in [2.45, 2.75) is 488 Å². The summed E-state index contributed by atoms with van der Waals surface area (Å²) in [6.07, 6.45) is 96.9. The van der Waals surface area contributed by atoms with Crippen molar-refractivity contribution in [3.05, 3.63) is 0 Å². The van der Waals surface area contributed by atoms with Crippen molar-refractivity contribution >= 4 is 13.7 Å². The molecule has 92 heavy (non-hydrogen) atoms. The van der Waals surface area contributed by atoms with Crippen LogP contribution in [0.2, 0.25) is 0 Å². The largest absolute Gasteiger partial charge is 0.756 e. The third-order valence-corrected chi connectivity index (χ3v) is 21.3. The number of likely N-dealkylation sites (N-methyl/N-ethyl adjacent to an activating group) is 1. The molecule has 0 radical (unpaired) electrons. The van der Waals surface area contributed by atoms with E-state index in [9.17, 15) is 19.4 Å². The second-order valence-electron chi connectivity index (χ2n) is 30.9. The van der Waals surface area contributed by atoms with Crippen molar-refractivity contribution in [2.24, 2.45) is 0 Å². The summed E-state index contributed by atoms with van der Waals surface area (Å²) in [4.78, 5) is 25.8. The molecule has 0 saturated carbocycles. The molecule has 0 aliphatic heterocycles. The van der Waals surface area contributed by atoms with Crippen molar-refractivity contribution in [1.29, 1.82) is 0 Å². The van der Waals surface area contributed by atoms with Crippen LogP contribution in [0.25, 0.3) is 0 Å². The van der Waals surface area contributed by atoms with Crippen LogP contribution in [0.5, 0.6) is 0 Å². The highest BCUT2D eigenvalue weighted by Gasteiger charge is 2.24. The van der Waals surface area contributed by atoms with Crippen molar-refractivity contribution in [3.8, 4) is 0 Å². The van der Waals surface area contributed by atoms with Gasteiger partial charge >= 0.3 is 0 Å². The second kappa shape index (κ2) is 74.7. The molecule has 9 heteroatoms. The van der Waals surface area contributed by atoms with E-state index in [2.05, 4.69) is 19.2 Å². The number of hydrogen-bond donors (Lipinski definition) is 2. The summed E-state index contributed by atoms with van der Waals surface area (Å²) in [6.45, 7) is 4.81. The van der Waals surface area contributed by atoms with Crippen molar-refractivity contribution in [3.63, 3.8) is 0 Å². The van der Waals surface area contributed by atoms with Crippen LogP contribution in [0.1, 0.15) is 476 Å². The Bertz CT molecular complexity index is 1460. The van der Waals surface area contributed by atoms with Gasteiger partial charge in [0.2, 0.25) is 5.91 Å². The Hall–Kier alpha value is -0.500. The number of unbranched alkanes of at least 4 members (excludes halogenated alkanes) is 68. The maximum atomic E-state index is 13.1. The highest BCUT2D eigenvalue weighted by atomic mass is 31.2. The van der Waals surface area contributed by atoms with Crippen LogP contribution in [-0.2, 0) is 18.4 Å². The highest BCUT2D eigenvalue weighted by molar-refractivity contribution is 7.45. The van der Waals surface area contributed by atoms with Crippen LogP contribution >= 0.6 is 7.82 Å². The molecule has 2 N–H and O–H groups in total. The van der Waals surface area contributed by atoms with E-state index in [1.54, 1.807) is 0 Å². The average molecular weight is 1320 g/mol. The molecule has 1 amide bonds.